The van der Waals surface area contributed by atoms with Crippen molar-refractivity contribution in [2.45, 2.75) is 86.9 Å². The predicted molar refractivity (Wildman–Crippen MR) is 156 cm³/mol. The van der Waals surface area contributed by atoms with Crippen LogP contribution in [-0.2, 0) is 28.6 Å². The molecule has 2 atom stereocenters. The molecule has 2 aliphatic rings. The van der Waals surface area contributed by atoms with E-state index in [-0.39, 0.29) is 11.8 Å². The first-order chi connectivity index (χ1) is 20.2. The van der Waals surface area contributed by atoms with Crippen molar-refractivity contribution in [1.82, 2.24) is 4.57 Å². The summed E-state index contributed by atoms with van der Waals surface area (Å²) < 4.78 is 17.3. The van der Waals surface area contributed by atoms with Crippen molar-refractivity contribution >= 4 is 23.9 Å². The van der Waals surface area contributed by atoms with Crippen molar-refractivity contribution in [2.24, 2.45) is 0 Å². The fraction of sp³-hybridized carbons (Fsp3) is 0.424. The summed E-state index contributed by atoms with van der Waals surface area (Å²) in [6.45, 7) is 15.7. The highest BCUT2D eigenvalue weighted by atomic mass is 16.6. The van der Waals surface area contributed by atoms with Gasteiger partial charge in [-0.05, 0) is 90.5 Å². The number of rotatable bonds is 3. The predicted octanol–water partition coefficient (Wildman–Crippen LogP) is 3.54. The van der Waals surface area contributed by atoms with E-state index in [9.17, 15) is 24.3 Å². The normalized spacial score (nSPS) is 17.8. The van der Waals surface area contributed by atoms with Gasteiger partial charge in [0.2, 0.25) is 0 Å². The minimum absolute atomic E-state index is 0.0359. The van der Waals surface area contributed by atoms with Crippen LogP contribution in [0.4, 0.5) is 0 Å². The topological polar surface area (TPSA) is 128 Å². The van der Waals surface area contributed by atoms with Crippen molar-refractivity contribution in [3.63, 3.8) is 0 Å². The van der Waals surface area contributed by atoms with Crippen LogP contribution in [0.1, 0.15) is 77.1 Å². The van der Waals surface area contributed by atoms with Gasteiger partial charge in [0.25, 0.3) is 0 Å². The number of esters is 3. The standard InChI is InChI=1S/C22H24N2O2.C6H8O4.C5H8O2/c1-13-9-15(3)19(16(4)10-13)23-7-8-24(21(23)22(25)26)20-17(5)11-14(2)12-18(20)6;1-3-5(7)10-4(2)6(8)9-3;6-5-3-1-2-4-7-5/h7-12H,1-6H3;3-4H,1-2H3;1-4H2. The number of carboxylic acid groups (broad SMARTS) is 1. The molecular weight excluding hydrogens is 552 g/mol. The number of imidazole rings is 1. The van der Waals surface area contributed by atoms with Crippen molar-refractivity contribution in [1.29, 1.82) is 0 Å². The van der Waals surface area contributed by atoms with Crippen LogP contribution in [0.25, 0.3) is 11.4 Å². The molecular formula is C33H40N2O8. The van der Waals surface area contributed by atoms with Crippen molar-refractivity contribution < 1.29 is 43.1 Å². The Balaban J connectivity index is 0.000000241. The van der Waals surface area contributed by atoms with Gasteiger partial charge in [-0.25, -0.2) is 9.59 Å². The number of aromatic nitrogens is 2. The van der Waals surface area contributed by atoms with Crippen LogP contribution in [0, 0.1) is 41.5 Å². The molecule has 10 nitrogen and oxygen atoms in total. The highest BCUT2D eigenvalue weighted by molar-refractivity contribution is 5.86. The van der Waals surface area contributed by atoms with E-state index in [1.54, 1.807) is 21.5 Å². The molecule has 0 amide bonds. The summed E-state index contributed by atoms with van der Waals surface area (Å²) >= 11 is 0. The molecule has 1 aromatic heterocycles. The zero-order chi connectivity index (χ0) is 32.0. The van der Waals surface area contributed by atoms with Crippen LogP contribution in [0.3, 0.4) is 0 Å². The molecule has 2 fully saturated rings. The number of hydrogen-bond acceptors (Lipinski definition) is 8. The zero-order valence-corrected chi connectivity index (χ0v) is 26.1. The van der Waals surface area contributed by atoms with Crippen LogP contribution in [0.5, 0.6) is 0 Å². The molecule has 10 heteroatoms. The van der Waals surface area contributed by atoms with Gasteiger partial charge < -0.3 is 24.1 Å². The molecule has 2 aliphatic heterocycles. The SMILES string of the molecule is CC1OC(=O)C(C)OC1=O.Cc1cc(C)c(-n2cc[n+](-c3c(C)cc(C)cc3C)c2C(=O)[O-])c(C)c1.O=C1CCCCO1. The minimum atomic E-state index is -1.20. The molecule has 0 bridgehead atoms. The number of hydrogen-bond donors (Lipinski definition) is 0. The van der Waals surface area contributed by atoms with Gasteiger partial charge in [0.15, 0.2) is 18.2 Å². The Hall–Kier alpha value is -4.47. The maximum atomic E-state index is 12.1. The number of nitrogens with zero attached hydrogens (tertiary/aromatic N) is 2. The molecule has 0 radical (unpaired) electrons. The zero-order valence-electron chi connectivity index (χ0n) is 26.1. The van der Waals surface area contributed by atoms with Gasteiger partial charge in [-0.15, -0.1) is 0 Å². The van der Waals surface area contributed by atoms with E-state index in [2.05, 4.69) is 38.5 Å². The van der Waals surface area contributed by atoms with Crippen molar-refractivity contribution in [3.05, 3.63) is 75.9 Å². The number of cyclic esters (lactones) is 3. The Labute approximate surface area is 252 Å². The van der Waals surface area contributed by atoms with E-state index in [0.29, 0.717) is 13.0 Å². The highest BCUT2D eigenvalue weighted by Crippen LogP contribution is 2.24. The molecule has 3 heterocycles. The summed E-state index contributed by atoms with van der Waals surface area (Å²) in [5.74, 6) is -2.07. The first-order valence-electron chi connectivity index (χ1n) is 14.3. The van der Waals surface area contributed by atoms with Crippen molar-refractivity contribution in [3.8, 4) is 11.4 Å². The van der Waals surface area contributed by atoms with E-state index < -0.39 is 30.1 Å². The highest BCUT2D eigenvalue weighted by Gasteiger charge is 2.32. The minimum Gasteiger partial charge on any atom is -0.538 e. The Morgan fingerprint density at radius 3 is 1.70 bits per heavy atom. The summed E-state index contributed by atoms with van der Waals surface area (Å²) in [6.07, 6.45) is 4.79. The Bertz CT molecular complexity index is 1390. The number of benzene rings is 2. The average molecular weight is 593 g/mol. The average Bonchev–Trinajstić information content (AvgIpc) is 3.32. The molecule has 3 aromatic rings. The molecule has 0 saturated carbocycles. The van der Waals surface area contributed by atoms with Gasteiger partial charge in [-0.2, -0.15) is 9.13 Å². The molecule has 2 aromatic carbocycles. The van der Waals surface area contributed by atoms with Crippen molar-refractivity contribution in [2.75, 3.05) is 6.61 Å². The van der Waals surface area contributed by atoms with E-state index in [0.717, 1.165) is 57.6 Å². The largest absolute Gasteiger partial charge is 0.538 e. The smallest absolute Gasteiger partial charge is 0.347 e. The summed E-state index contributed by atoms with van der Waals surface area (Å²) in [4.78, 5) is 43.6. The summed E-state index contributed by atoms with van der Waals surface area (Å²) in [5.41, 5.74) is 8.21. The van der Waals surface area contributed by atoms with Gasteiger partial charge in [-0.1, -0.05) is 35.4 Å². The van der Waals surface area contributed by atoms with E-state index in [1.165, 1.54) is 13.8 Å². The summed E-state index contributed by atoms with van der Waals surface area (Å²) in [5, 5.41) is 12.1. The lowest BCUT2D eigenvalue weighted by Crippen LogP contribution is -2.43. The van der Waals surface area contributed by atoms with Gasteiger partial charge >= 0.3 is 23.7 Å². The molecule has 0 spiro atoms. The van der Waals surface area contributed by atoms with Gasteiger partial charge in [0.05, 0.1) is 6.61 Å². The van der Waals surface area contributed by atoms with Crippen LogP contribution in [-0.4, -0.2) is 47.3 Å². The lowest BCUT2D eigenvalue weighted by molar-refractivity contribution is -0.601. The molecule has 230 valence electrons. The number of carboxylic acids is 1. The second-order valence-electron chi connectivity index (χ2n) is 11.0. The molecule has 2 unspecified atom stereocenters. The fourth-order valence-corrected chi connectivity index (χ4v) is 5.32. The maximum Gasteiger partial charge on any atom is 0.347 e. The molecule has 5 rings (SSSR count). The third-order valence-electron chi connectivity index (χ3n) is 7.04. The number of carbonyl (C=O) groups is 4. The fourth-order valence-electron chi connectivity index (χ4n) is 5.32. The van der Waals surface area contributed by atoms with Gasteiger partial charge in [0.1, 0.15) is 23.8 Å². The number of aromatic carboxylic acids is 1. The second-order valence-corrected chi connectivity index (χ2v) is 11.0. The summed E-state index contributed by atoms with van der Waals surface area (Å²) in [7, 11) is 0. The Kier molecular flexibility index (Phi) is 10.9. The number of carbonyl (C=O) groups excluding carboxylic acids is 4. The van der Waals surface area contributed by atoms with Gasteiger partial charge in [0, 0.05) is 6.42 Å². The number of ether oxygens (including phenoxy) is 3. The van der Waals surface area contributed by atoms with Crippen LogP contribution >= 0.6 is 0 Å². The monoisotopic (exact) mass is 592 g/mol. The van der Waals surface area contributed by atoms with E-state index in [1.807, 2.05) is 41.5 Å². The second kappa shape index (κ2) is 14.1. The first kappa shape index (κ1) is 33.0. The molecule has 0 N–H and O–H groups in total. The van der Waals surface area contributed by atoms with Crippen LogP contribution in [0.2, 0.25) is 0 Å². The quantitative estimate of drug-likeness (QED) is 0.257. The Morgan fingerprint density at radius 2 is 1.30 bits per heavy atom. The van der Waals surface area contributed by atoms with E-state index >= 15 is 0 Å². The maximum absolute atomic E-state index is 12.1. The number of aryl methyl sites for hydroxylation is 6. The molecule has 0 aliphatic carbocycles. The van der Waals surface area contributed by atoms with E-state index in [4.69, 9.17) is 0 Å². The van der Waals surface area contributed by atoms with Crippen LogP contribution in [0.15, 0.2) is 36.7 Å². The van der Waals surface area contributed by atoms with Gasteiger partial charge in [-0.3, -0.25) is 4.79 Å². The summed E-state index contributed by atoms with van der Waals surface area (Å²) in [6, 6.07) is 8.25. The third kappa shape index (κ3) is 8.09. The third-order valence-corrected chi connectivity index (χ3v) is 7.04. The Morgan fingerprint density at radius 1 is 0.814 bits per heavy atom. The first-order valence-corrected chi connectivity index (χ1v) is 14.3. The lowest BCUT2D eigenvalue weighted by Gasteiger charge is -2.22. The molecule has 2 saturated heterocycles. The molecule has 43 heavy (non-hydrogen) atoms. The lowest BCUT2D eigenvalue weighted by atomic mass is 10.0. The van der Waals surface area contributed by atoms with Crippen LogP contribution < -0.4 is 9.67 Å².